The predicted molar refractivity (Wildman–Crippen MR) is 79.9 cm³/mol. The van der Waals surface area contributed by atoms with Gasteiger partial charge in [0.25, 0.3) is 0 Å². The molecule has 0 fully saturated rings. The molecule has 0 aliphatic heterocycles. The van der Waals surface area contributed by atoms with Gasteiger partial charge in [-0.05, 0) is 13.0 Å². The molecule has 1 heterocycles. The van der Waals surface area contributed by atoms with Crippen molar-refractivity contribution in [3.05, 3.63) is 45.9 Å². The third-order valence-corrected chi connectivity index (χ3v) is 3.57. The third-order valence-electron chi connectivity index (χ3n) is 2.66. The molecule has 2 amide bonds. The van der Waals surface area contributed by atoms with Gasteiger partial charge in [0.1, 0.15) is 0 Å². The number of carbonyl (C=O) groups excluding carboxylic acids is 1. The number of aryl methyl sites for hydroxylation is 1. The van der Waals surface area contributed by atoms with E-state index in [-0.39, 0.29) is 6.03 Å². The lowest BCUT2D eigenvalue weighted by Crippen LogP contribution is -2.28. The number of nitrogens with zero attached hydrogens (tertiary/aromatic N) is 1. The molecule has 5 nitrogen and oxygen atoms in total. The highest BCUT2D eigenvalue weighted by Crippen LogP contribution is 2.16. The summed E-state index contributed by atoms with van der Waals surface area (Å²) in [4.78, 5) is 17.0. The Balaban J connectivity index is 1.91. The van der Waals surface area contributed by atoms with Gasteiger partial charge in [0, 0.05) is 29.4 Å². The van der Waals surface area contributed by atoms with E-state index in [2.05, 4.69) is 15.6 Å². The van der Waals surface area contributed by atoms with Crippen LogP contribution in [0, 0.1) is 6.92 Å². The summed E-state index contributed by atoms with van der Waals surface area (Å²) in [5, 5.41) is 6.63. The van der Waals surface area contributed by atoms with Gasteiger partial charge in [-0.1, -0.05) is 18.2 Å². The Morgan fingerprint density at radius 1 is 1.40 bits per heavy atom. The molecule has 0 saturated carbocycles. The van der Waals surface area contributed by atoms with Gasteiger partial charge in [0.05, 0.1) is 18.2 Å². The first kappa shape index (κ1) is 14.5. The predicted octanol–water partition coefficient (Wildman–Crippen LogP) is 2.92. The molecule has 2 N–H and O–H groups in total. The fraction of sp³-hybridized carbons (Fsp3) is 0.286. The van der Waals surface area contributed by atoms with Crippen LogP contribution in [0.1, 0.15) is 15.4 Å². The van der Waals surface area contributed by atoms with Crippen molar-refractivity contribution in [3.63, 3.8) is 0 Å². The van der Waals surface area contributed by atoms with E-state index in [4.69, 9.17) is 4.74 Å². The van der Waals surface area contributed by atoms with Crippen LogP contribution >= 0.6 is 11.3 Å². The van der Waals surface area contributed by atoms with Crippen molar-refractivity contribution in [2.45, 2.75) is 20.1 Å². The largest absolute Gasteiger partial charge is 0.380 e. The maximum atomic E-state index is 11.9. The van der Waals surface area contributed by atoms with Crippen molar-refractivity contribution in [3.8, 4) is 0 Å². The van der Waals surface area contributed by atoms with Gasteiger partial charge in [-0.3, -0.25) is 0 Å². The maximum Gasteiger partial charge on any atom is 0.319 e. The van der Waals surface area contributed by atoms with Gasteiger partial charge < -0.3 is 15.4 Å². The van der Waals surface area contributed by atoms with E-state index >= 15 is 0 Å². The van der Waals surface area contributed by atoms with Crippen LogP contribution in [-0.2, 0) is 17.9 Å². The van der Waals surface area contributed by atoms with Crippen molar-refractivity contribution in [2.75, 3.05) is 12.4 Å². The number of benzene rings is 1. The molecule has 0 saturated heterocycles. The van der Waals surface area contributed by atoms with E-state index < -0.39 is 0 Å². The lowest BCUT2D eigenvalue weighted by atomic mass is 10.2. The minimum absolute atomic E-state index is 0.236. The third kappa shape index (κ3) is 4.04. The number of rotatable bonds is 5. The van der Waals surface area contributed by atoms with Crippen LogP contribution in [0.5, 0.6) is 0 Å². The highest BCUT2D eigenvalue weighted by Gasteiger charge is 2.06. The van der Waals surface area contributed by atoms with E-state index in [1.165, 1.54) is 0 Å². The number of urea groups is 1. The van der Waals surface area contributed by atoms with Crippen molar-refractivity contribution in [1.29, 1.82) is 0 Å². The van der Waals surface area contributed by atoms with E-state index in [1.54, 1.807) is 24.6 Å². The molecule has 2 rings (SSSR count). The van der Waals surface area contributed by atoms with Crippen LogP contribution in [0.2, 0.25) is 0 Å². The molecule has 6 heteroatoms. The number of hydrogen-bond donors (Lipinski definition) is 2. The summed E-state index contributed by atoms with van der Waals surface area (Å²) < 4.78 is 5.10. The molecule has 0 atom stereocenters. The number of nitrogens with one attached hydrogen (secondary N) is 2. The first-order valence-corrected chi connectivity index (χ1v) is 7.03. The van der Waals surface area contributed by atoms with E-state index in [0.29, 0.717) is 13.2 Å². The molecule has 106 valence electrons. The molecule has 0 unspecified atom stereocenters. The topological polar surface area (TPSA) is 63.2 Å². The summed E-state index contributed by atoms with van der Waals surface area (Å²) in [7, 11) is 1.63. The van der Waals surface area contributed by atoms with E-state index in [9.17, 15) is 4.79 Å². The van der Waals surface area contributed by atoms with Gasteiger partial charge in [0.15, 0.2) is 0 Å². The summed E-state index contributed by atoms with van der Waals surface area (Å²) in [5.41, 5.74) is 1.70. The number of anilines is 1. The van der Waals surface area contributed by atoms with Crippen LogP contribution in [0.25, 0.3) is 0 Å². The van der Waals surface area contributed by atoms with Gasteiger partial charge in [-0.2, -0.15) is 0 Å². The number of thiazole rings is 1. The van der Waals surface area contributed by atoms with Crippen molar-refractivity contribution < 1.29 is 9.53 Å². The van der Waals surface area contributed by atoms with Gasteiger partial charge in [-0.25, -0.2) is 9.78 Å². The Bertz CT molecular complexity index is 583. The van der Waals surface area contributed by atoms with Crippen LogP contribution in [-0.4, -0.2) is 18.1 Å². The molecule has 0 bridgehead atoms. The Kier molecular flexibility index (Phi) is 5.09. The molecule has 0 aliphatic carbocycles. The minimum atomic E-state index is -0.236. The number of ether oxygens (including phenoxy) is 1. The lowest BCUT2D eigenvalue weighted by molar-refractivity contribution is 0.185. The summed E-state index contributed by atoms with van der Waals surface area (Å²) in [6.45, 7) is 2.88. The summed E-state index contributed by atoms with van der Waals surface area (Å²) in [6.07, 6.45) is 1.78. The fourth-order valence-corrected chi connectivity index (χ4v) is 2.48. The smallest absolute Gasteiger partial charge is 0.319 e. The van der Waals surface area contributed by atoms with Crippen LogP contribution in [0.3, 0.4) is 0 Å². The molecule has 0 spiro atoms. The number of para-hydroxylation sites is 1. The van der Waals surface area contributed by atoms with Crippen molar-refractivity contribution in [2.24, 2.45) is 0 Å². The Labute approximate surface area is 122 Å². The second-order valence-corrected chi connectivity index (χ2v) is 5.56. The molecule has 0 radical (unpaired) electrons. The van der Waals surface area contributed by atoms with E-state index in [1.807, 2.05) is 31.2 Å². The van der Waals surface area contributed by atoms with Gasteiger partial charge >= 0.3 is 6.03 Å². The van der Waals surface area contributed by atoms with Crippen LogP contribution < -0.4 is 10.6 Å². The summed E-state index contributed by atoms with van der Waals surface area (Å²) in [5.74, 6) is 0. The number of aromatic nitrogens is 1. The standard InChI is InChI=1S/C14H17N3O2S/c1-10-15-7-12(20-10)8-16-14(18)17-13-6-4-3-5-11(13)9-19-2/h3-7H,8-9H2,1-2H3,(H2,16,17,18). The number of hydrogen-bond acceptors (Lipinski definition) is 4. The SMILES string of the molecule is COCc1ccccc1NC(=O)NCc1cnc(C)s1. The lowest BCUT2D eigenvalue weighted by Gasteiger charge is -2.11. The second-order valence-electron chi connectivity index (χ2n) is 4.24. The second kappa shape index (κ2) is 7.02. The molecule has 1 aromatic carbocycles. The quantitative estimate of drug-likeness (QED) is 0.890. The van der Waals surface area contributed by atoms with Crippen molar-refractivity contribution in [1.82, 2.24) is 10.3 Å². The zero-order valence-corrected chi connectivity index (χ0v) is 12.3. The molecule has 1 aromatic heterocycles. The molecular formula is C14H17N3O2S. The summed E-state index contributed by atoms with van der Waals surface area (Å²) >= 11 is 1.57. The van der Waals surface area contributed by atoms with Gasteiger partial charge in [0.2, 0.25) is 0 Å². The highest BCUT2D eigenvalue weighted by atomic mass is 32.1. The maximum absolute atomic E-state index is 11.9. The van der Waals surface area contributed by atoms with Crippen LogP contribution in [0.15, 0.2) is 30.5 Å². The fourth-order valence-electron chi connectivity index (χ4n) is 1.74. The number of amides is 2. The Morgan fingerprint density at radius 3 is 2.90 bits per heavy atom. The zero-order valence-electron chi connectivity index (χ0n) is 11.5. The van der Waals surface area contributed by atoms with Crippen molar-refractivity contribution >= 4 is 23.1 Å². The molecular weight excluding hydrogens is 274 g/mol. The number of methoxy groups -OCH3 is 1. The monoisotopic (exact) mass is 291 g/mol. The van der Waals surface area contributed by atoms with Crippen LogP contribution in [0.4, 0.5) is 10.5 Å². The molecule has 2 aromatic rings. The Hall–Kier alpha value is -1.92. The minimum Gasteiger partial charge on any atom is -0.380 e. The zero-order chi connectivity index (χ0) is 14.4. The number of carbonyl (C=O) groups is 1. The Morgan fingerprint density at radius 2 is 2.20 bits per heavy atom. The first-order valence-electron chi connectivity index (χ1n) is 6.22. The molecule has 0 aliphatic rings. The molecule has 20 heavy (non-hydrogen) atoms. The average Bonchev–Trinajstić information content (AvgIpc) is 2.85. The normalized spacial score (nSPS) is 10.3. The average molecular weight is 291 g/mol. The first-order chi connectivity index (χ1) is 9.69. The van der Waals surface area contributed by atoms with Gasteiger partial charge in [-0.15, -0.1) is 11.3 Å². The highest BCUT2D eigenvalue weighted by molar-refractivity contribution is 7.11. The summed E-state index contributed by atoms with van der Waals surface area (Å²) in [6, 6.07) is 7.33. The van der Waals surface area contributed by atoms with E-state index in [0.717, 1.165) is 21.1 Å².